The van der Waals surface area contributed by atoms with E-state index in [4.69, 9.17) is 28.9 Å². The van der Waals surface area contributed by atoms with Crippen LogP contribution in [0.1, 0.15) is 19.3 Å². The highest BCUT2D eigenvalue weighted by molar-refractivity contribution is 6.42. The van der Waals surface area contributed by atoms with E-state index in [-0.39, 0.29) is 0 Å². The summed E-state index contributed by atoms with van der Waals surface area (Å²) in [4.78, 5) is 6.84. The molecule has 0 spiro atoms. The van der Waals surface area contributed by atoms with Crippen LogP contribution in [-0.2, 0) is 6.54 Å². The molecule has 0 unspecified atom stereocenters. The van der Waals surface area contributed by atoms with Crippen molar-refractivity contribution in [3.05, 3.63) is 22.2 Å². The molecule has 0 amide bonds. The number of likely N-dealkylation sites (tertiary alicyclic amines) is 1. The van der Waals surface area contributed by atoms with Gasteiger partial charge in [0, 0.05) is 13.1 Å². The predicted molar refractivity (Wildman–Crippen MR) is 84.5 cm³/mol. The molecule has 0 saturated carbocycles. The Morgan fingerprint density at radius 2 is 1.75 bits per heavy atom. The van der Waals surface area contributed by atoms with Crippen molar-refractivity contribution < 1.29 is 0 Å². The van der Waals surface area contributed by atoms with Crippen LogP contribution in [0.4, 0.5) is 5.95 Å². The molecule has 6 heteroatoms. The number of benzene rings is 1. The van der Waals surface area contributed by atoms with Gasteiger partial charge in [-0.25, -0.2) is 4.98 Å². The average molecular weight is 313 g/mol. The van der Waals surface area contributed by atoms with Crippen LogP contribution in [0.25, 0.3) is 11.0 Å². The molecule has 1 aliphatic heterocycles. The van der Waals surface area contributed by atoms with E-state index in [0.29, 0.717) is 16.0 Å². The third-order valence-corrected chi connectivity index (χ3v) is 4.63. The Balaban J connectivity index is 1.83. The van der Waals surface area contributed by atoms with Crippen LogP contribution in [0.15, 0.2) is 12.1 Å². The van der Waals surface area contributed by atoms with E-state index in [1.54, 1.807) is 6.07 Å². The zero-order valence-corrected chi connectivity index (χ0v) is 12.8. The van der Waals surface area contributed by atoms with Crippen LogP contribution in [0.2, 0.25) is 10.0 Å². The SMILES string of the molecule is Nc1nc2cc(Cl)c(Cl)cc2n1CCN1CCCCC1. The molecular weight excluding hydrogens is 295 g/mol. The predicted octanol–water partition coefficient (Wildman–Crippen LogP) is 3.41. The minimum atomic E-state index is 0.514. The molecule has 2 heterocycles. The molecule has 1 aromatic heterocycles. The maximum absolute atomic E-state index is 6.09. The summed E-state index contributed by atoms with van der Waals surface area (Å²) in [6.45, 7) is 4.19. The minimum Gasteiger partial charge on any atom is -0.369 e. The number of nitrogens with zero attached hydrogens (tertiary/aromatic N) is 3. The van der Waals surface area contributed by atoms with Crippen LogP contribution in [-0.4, -0.2) is 34.1 Å². The fourth-order valence-corrected chi connectivity index (χ4v) is 3.11. The molecule has 2 N–H and O–H groups in total. The van der Waals surface area contributed by atoms with Gasteiger partial charge in [0.25, 0.3) is 0 Å². The number of piperidine rings is 1. The molecule has 3 rings (SSSR count). The Bertz CT molecular complexity index is 617. The van der Waals surface area contributed by atoms with Crippen molar-refractivity contribution in [1.29, 1.82) is 0 Å². The molecule has 0 bridgehead atoms. The number of hydrogen-bond donors (Lipinski definition) is 1. The van der Waals surface area contributed by atoms with Crippen LogP contribution in [0, 0.1) is 0 Å². The minimum absolute atomic E-state index is 0.514. The highest BCUT2D eigenvalue weighted by Crippen LogP contribution is 2.29. The van der Waals surface area contributed by atoms with Gasteiger partial charge in [-0.2, -0.15) is 0 Å². The van der Waals surface area contributed by atoms with Gasteiger partial charge in [-0.3, -0.25) is 0 Å². The smallest absolute Gasteiger partial charge is 0.201 e. The van der Waals surface area contributed by atoms with Gasteiger partial charge in [0.1, 0.15) is 0 Å². The first-order valence-electron chi connectivity index (χ1n) is 6.98. The van der Waals surface area contributed by atoms with Gasteiger partial charge in [-0.15, -0.1) is 0 Å². The third kappa shape index (κ3) is 2.73. The molecule has 0 radical (unpaired) electrons. The van der Waals surface area contributed by atoms with Gasteiger partial charge in [0.15, 0.2) is 0 Å². The highest BCUT2D eigenvalue weighted by atomic mass is 35.5. The summed E-state index contributed by atoms with van der Waals surface area (Å²) in [5.74, 6) is 0.523. The van der Waals surface area contributed by atoms with Gasteiger partial charge < -0.3 is 15.2 Å². The third-order valence-electron chi connectivity index (χ3n) is 3.91. The second-order valence-electron chi connectivity index (χ2n) is 5.28. The van der Waals surface area contributed by atoms with Crippen molar-refractivity contribution in [3.63, 3.8) is 0 Å². The molecule has 0 aliphatic carbocycles. The normalized spacial score (nSPS) is 16.9. The molecule has 1 saturated heterocycles. The number of aromatic nitrogens is 2. The Labute approximate surface area is 128 Å². The summed E-state index contributed by atoms with van der Waals surface area (Å²) in [5, 5.41) is 1.05. The summed E-state index contributed by atoms with van der Waals surface area (Å²) >= 11 is 12.1. The van der Waals surface area contributed by atoms with Crippen LogP contribution >= 0.6 is 23.2 Å². The van der Waals surface area contributed by atoms with E-state index in [0.717, 1.165) is 24.1 Å². The first kappa shape index (κ1) is 14.0. The largest absolute Gasteiger partial charge is 0.369 e. The summed E-state index contributed by atoms with van der Waals surface area (Å²) in [7, 11) is 0. The van der Waals surface area contributed by atoms with Crippen molar-refractivity contribution in [2.75, 3.05) is 25.4 Å². The van der Waals surface area contributed by atoms with Crippen molar-refractivity contribution >= 4 is 40.2 Å². The van der Waals surface area contributed by atoms with Crippen LogP contribution in [0.3, 0.4) is 0 Å². The van der Waals surface area contributed by atoms with Gasteiger partial charge in [-0.05, 0) is 38.1 Å². The van der Waals surface area contributed by atoms with Crippen molar-refractivity contribution in [2.45, 2.75) is 25.8 Å². The van der Waals surface area contributed by atoms with E-state index in [2.05, 4.69) is 9.88 Å². The molecule has 1 aromatic carbocycles. The van der Waals surface area contributed by atoms with Gasteiger partial charge in [-0.1, -0.05) is 29.6 Å². The number of nitrogen functional groups attached to an aromatic ring is 1. The zero-order valence-electron chi connectivity index (χ0n) is 11.3. The molecule has 20 heavy (non-hydrogen) atoms. The highest BCUT2D eigenvalue weighted by Gasteiger charge is 2.14. The number of nitrogens with two attached hydrogens (primary N) is 1. The molecule has 2 aromatic rings. The molecule has 1 fully saturated rings. The number of imidazole rings is 1. The van der Waals surface area contributed by atoms with E-state index < -0.39 is 0 Å². The van der Waals surface area contributed by atoms with Crippen LogP contribution < -0.4 is 5.73 Å². The Kier molecular flexibility index (Phi) is 4.06. The summed E-state index contributed by atoms with van der Waals surface area (Å²) in [6, 6.07) is 3.62. The second kappa shape index (κ2) is 5.80. The lowest BCUT2D eigenvalue weighted by Crippen LogP contribution is -2.32. The van der Waals surface area contributed by atoms with Gasteiger partial charge in [0.05, 0.1) is 21.1 Å². The van der Waals surface area contributed by atoms with Crippen molar-refractivity contribution in [1.82, 2.24) is 14.5 Å². The lowest BCUT2D eigenvalue weighted by atomic mass is 10.1. The number of rotatable bonds is 3. The van der Waals surface area contributed by atoms with E-state index in [9.17, 15) is 0 Å². The Morgan fingerprint density at radius 1 is 1.05 bits per heavy atom. The topological polar surface area (TPSA) is 47.1 Å². The standard InChI is InChI=1S/C14H18Cl2N4/c15-10-8-12-13(9-11(10)16)20(14(17)18-12)7-6-19-4-2-1-3-5-19/h8-9H,1-7H2,(H2,17,18). The van der Waals surface area contributed by atoms with Gasteiger partial charge >= 0.3 is 0 Å². The maximum atomic E-state index is 6.09. The molecular formula is C14H18Cl2N4. The Hall–Kier alpha value is -0.970. The number of fused-ring (bicyclic) bond motifs is 1. The van der Waals surface area contributed by atoms with Crippen molar-refractivity contribution in [2.24, 2.45) is 0 Å². The summed E-state index contributed by atoms with van der Waals surface area (Å²) in [6.07, 6.45) is 3.93. The molecule has 1 aliphatic rings. The first-order valence-corrected chi connectivity index (χ1v) is 7.74. The quantitative estimate of drug-likeness (QED) is 0.944. The summed E-state index contributed by atoms with van der Waals surface area (Å²) < 4.78 is 2.02. The lowest BCUT2D eigenvalue weighted by molar-refractivity contribution is 0.222. The summed E-state index contributed by atoms with van der Waals surface area (Å²) in [5.41, 5.74) is 7.77. The number of hydrogen-bond acceptors (Lipinski definition) is 3. The number of halogens is 2. The maximum Gasteiger partial charge on any atom is 0.201 e. The average Bonchev–Trinajstić information content (AvgIpc) is 2.73. The monoisotopic (exact) mass is 312 g/mol. The van der Waals surface area contributed by atoms with Gasteiger partial charge in [0.2, 0.25) is 5.95 Å². The van der Waals surface area contributed by atoms with Crippen LogP contribution in [0.5, 0.6) is 0 Å². The fraction of sp³-hybridized carbons (Fsp3) is 0.500. The van der Waals surface area contributed by atoms with E-state index >= 15 is 0 Å². The van der Waals surface area contributed by atoms with E-state index in [1.807, 2.05) is 10.6 Å². The molecule has 108 valence electrons. The first-order chi connectivity index (χ1) is 9.65. The molecule has 0 atom stereocenters. The van der Waals surface area contributed by atoms with Crippen molar-refractivity contribution in [3.8, 4) is 0 Å². The fourth-order valence-electron chi connectivity index (χ4n) is 2.80. The lowest BCUT2D eigenvalue weighted by Gasteiger charge is -2.26. The zero-order chi connectivity index (χ0) is 14.1. The Morgan fingerprint density at radius 3 is 2.50 bits per heavy atom. The van der Waals surface area contributed by atoms with E-state index in [1.165, 1.54) is 32.4 Å². The number of anilines is 1. The second-order valence-corrected chi connectivity index (χ2v) is 6.09. The molecule has 4 nitrogen and oxygen atoms in total.